The van der Waals surface area contributed by atoms with E-state index in [-0.39, 0.29) is 0 Å². The fourth-order valence-corrected chi connectivity index (χ4v) is 2.75. The van der Waals surface area contributed by atoms with Crippen LogP contribution in [0.5, 0.6) is 0 Å². The Morgan fingerprint density at radius 3 is 2.53 bits per heavy atom. The minimum absolute atomic E-state index is 0.486. The lowest BCUT2D eigenvalue weighted by Crippen LogP contribution is -2.31. The second kappa shape index (κ2) is 7.76. The van der Waals surface area contributed by atoms with Gasteiger partial charge in [-0.2, -0.15) is 0 Å². The van der Waals surface area contributed by atoms with E-state index in [1.165, 1.54) is 17.7 Å². The molecule has 19 heavy (non-hydrogen) atoms. The average Bonchev–Trinajstić information content (AvgIpc) is 2.34. The van der Waals surface area contributed by atoms with Crippen molar-refractivity contribution in [3.8, 4) is 0 Å². The van der Waals surface area contributed by atoms with Gasteiger partial charge in [0, 0.05) is 19.6 Å². The van der Waals surface area contributed by atoms with Crippen molar-refractivity contribution < 1.29 is 0 Å². The molecule has 108 valence electrons. The van der Waals surface area contributed by atoms with Gasteiger partial charge in [0.15, 0.2) is 0 Å². The molecule has 1 unspecified atom stereocenters. The van der Waals surface area contributed by atoms with E-state index in [0.717, 1.165) is 18.1 Å². The van der Waals surface area contributed by atoms with E-state index in [9.17, 15) is 0 Å². The maximum absolute atomic E-state index is 6.41. The van der Waals surface area contributed by atoms with Gasteiger partial charge >= 0.3 is 0 Å². The molecule has 3 heteroatoms. The van der Waals surface area contributed by atoms with Crippen LogP contribution in [-0.4, -0.2) is 19.6 Å². The summed E-state index contributed by atoms with van der Waals surface area (Å²) in [6.07, 6.45) is 1.17. The highest BCUT2D eigenvalue weighted by atomic mass is 35.5. The highest BCUT2D eigenvalue weighted by Gasteiger charge is 2.17. The first-order chi connectivity index (χ1) is 8.97. The van der Waals surface area contributed by atoms with Crippen molar-refractivity contribution in [2.75, 3.05) is 18.5 Å². The molecule has 0 radical (unpaired) electrons. The van der Waals surface area contributed by atoms with E-state index in [1.807, 2.05) is 12.1 Å². The van der Waals surface area contributed by atoms with Crippen molar-refractivity contribution >= 4 is 17.3 Å². The predicted molar refractivity (Wildman–Crippen MR) is 86.2 cm³/mol. The number of halogens is 1. The molecule has 0 spiro atoms. The molecule has 2 nitrogen and oxygen atoms in total. The Morgan fingerprint density at radius 1 is 1.26 bits per heavy atom. The minimum atomic E-state index is 0.486. The standard InChI is InChI=1S/C16H27ClN2/c1-6-18-11-14-8-7-9-15(17)16(14)19(5)13(4)10-12(2)3/h7-9,12-13,18H,6,10-11H2,1-5H3. The van der Waals surface area contributed by atoms with Crippen LogP contribution >= 0.6 is 11.6 Å². The number of benzene rings is 1. The summed E-state index contributed by atoms with van der Waals surface area (Å²) < 4.78 is 0. The van der Waals surface area contributed by atoms with Crippen LogP contribution < -0.4 is 10.2 Å². The molecule has 0 aliphatic carbocycles. The number of para-hydroxylation sites is 1. The number of nitrogens with one attached hydrogen (secondary N) is 1. The van der Waals surface area contributed by atoms with Crippen LogP contribution in [0.25, 0.3) is 0 Å². The normalized spacial score (nSPS) is 12.8. The van der Waals surface area contributed by atoms with Gasteiger partial charge in [0.05, 0.1) is 10.7 Å². The number of hydrogen-bond donors (Lipinski definition) is 1. The van der Waals surface area contributed by atoms with E-state index in [1.54, 1.807) is 0 Å². The van der Waals surface area contributed by atoms with Crippen molar-refractivity contribution in [3.05, 3.63) is 28.8 Å². The number of anilines is 1. The van der Waals surface area contributed by atoms with Crippen LogP contribution in [0.15, 0.2) is 18.2 Å². The zero-order valence-corrected chi connectivity index (χ0v) is 13.6. The highest BCUT2D eigenvalue weighted by Crippen LogP contribution is 2.31. The lowest BCUT2D eigenvalue weighted by Gasteiger charge is -2.31. The predicted octanol–water partition coefficient (Wildman–Crippen LogP) is 4.32. The first kappa shape index (κ1) is 16.3. The molecule has 1 aromatic rings. The summed E-state index contributed by atoms with van der Waals surface area (Å²) in [7, 11) is 2.14. The third-order valence-electron chi connectivity index (χ3n) is 3.46. The topological polar surface area (TPSA) is 15.3 Å². The Kier molecular flexibility index (Phi) is 6.67. The first-order valence-corrected chi connectivity index (χ1v) is 7.56. The Balaban J connectivity index is 2.96. The van der Waals surface area contributed by atoms with Crippen LogP contribution in [0.2, 0.25) is 5.02 Å². The van der Waals surface area contributed by atoms with Gasteiger partial charge in [-0.25, -0.2) is 0 Å². The maximum Gasteiger partial charge on any atom is 0.0642 e. The molecule has 1 rings (SSSR count). The van der Waals surface area contributed by atoms with E-state index >= 15 is 0 Å². The van der Waals surface area contributed by atoms with Gasteiger partial charge in [-0.3, -0.25) is 0 Å². The summed E-state index contributed by atoms with van der Waals surface area (Å²) in [6.45, 7) is 10.7. The SMILES string of the molecule is CCNCc1cccc(Cl)c1N(C)C(C)CC(C)C. The molecule has 1 atom stereocenters. The van der Waals surface area contributed by atoms with Crippen LogP contribution in [0.1, 0.15) is 39.7 Å². The molecular weight excluding hydrogens is 256 g/mol. The Labute approximate surface area is 123 Å². The molecule has 0 saturated heterocycles. The summed E-state index contributed by atoms with van der Waals surface area (Å²) in [4.78, 5) is 2.31. The van der Waals surface area contributed by atoms with E-state index < -0.39 is 0 Å². The van der Waals surface area contributed by atoms with Gasteiger partial charge in [-0.05, 0) is 37.4 Å². The summed E-state index contributed by atoms with van der Waals surface area (Å²) in [6, 6.07) is 6.65. The molecule has 1 aromatic carbocycles. The van der Waals surface area contributed by atoms with Crippen LogP contribution in [-0.2, 0) is 6.54 Å². The summed E-state index contributed by atoms with van der Waals surface area (Å²) in [5.74, 6) is 0.692. The van der Waals surface area contributed by atoms with Crippen molar-refractivity contribution in [3.63, 3.8) is 0 Å². The molecular formula is C16H27ClN2. The Morgan fingerprint density at radius 2 is 1.95 bits per heavy atom. The molecule has 0 aliphatic heterocycles. The van der Waals surface area contributed by atoms with Gasteiger partial charge in [0.25, 0.3) is 0 Å². The zero-order valence-electron chi connectivity index (χ0n) is 12.8. The quantitative estimate of drug-likeness (QED) is 0.801. The third kappa shape index (κ3) is 4.70. The first-order valence-electron chi connectivity index (χ1n) is 7.18. The molecule has 1 N–H and O–H groups in total. The number of rotatable bonds is 7. The molecule has 0 amide bonds. The Bertz CT molecular complexity index is 390. The second-order valence-electron chi connectivity index (χ2n) is 5.62. The van der Waals surface area contributed by atoms with Gasteiger partial charge in [0.1, 0.15) is 0 Å². The van der Waals surface area contributed by atoms with Crippen LogP contribution in [0.4, 0.5) is 5.69 Å². The van der Waals surface area contributed by atoms with Gasteiger partial charge < -0.3 is 10.2 Å². The van der Waals surface area contributed by atoms with E-state index in [2.05, 4.69) is 51.0 Å². The van der Waals surface area contributed by atoms with Crippen molar-refractivity contribution in [1.29, 1.82) is 0 Å². The maximum atomic E-state index is 6.41. The van der Waals surface area contributed by atoms with E-state index in [0.29, 0.717) is 12.0 Å². The number of nitrogens with zero attached hydrogens (tertiary/aromatic N) is 1. The fourth-order valence-electron chi connectivity index (χ4n) is 2.42. The molecule has 0 aromatic heterocycles. The third-order valence-corrected chi connectivity index (χ3v) is 3.77. The lowest BCUT2D eigenvalue weighted by atomic mass is 10.0. The van der Waals surface area contributed by atoms with Gasteiger partial charge in [0.2, 0.25) is 0 Å². The monoisotopic (exact) mass is 282 g/mol. The van der Waals surface area contributed by atoms with Crippen LogP contribution in [0.3, 0.4) is 0 Å². The molecule has 0 saturated carbocycles. The minimum Gasteiger partial charge on any atom is -0.370 e. The van der Waals surface area contributed by atoms with Gasteiger partial charge in [-0.1, -0.05) is 44.5 Å². The lowest BCUT2D eigenvalue weighted by molar-refractivity contribution is 0.503. The van der Waals surface area contributed by atoms with Crippen molar-refractivity contribution in [2.24, 2.45) is 5.92 Å². The molecule has 0 aliphatic rings. The highest BCUT2D eigenvalue weighted by molar-refractivity contribution is 6.33. The zero-order chi connectivity index (χ0) is 14.4. The molecule has 0 heterocycles. The summed E-state index contributed by atoms with van der Waals surface area (Å²) >= 11 is 6.41. The van der Waals surface area contributed by atoms with Crippen molar-refractivity contribution in [1.82, 2.24) is 5.32 Å². The van der Waals surface area contributed by atoms with Crippen LogP contribution in [0, 0.1) is 5.92 Å². The summed E-state index contributed by atoms with van der Waals surface area (Å²) in [5, 5.41) is 4.22. The second-order valence-corrected chi connectivity index (χ2v) is 6.02. The largest absolute Gasteiger partial charge is 0.370 e. The Hall–Kier alpha value is -0.730. The van der Waals surface area contributed by atoms with E-state index in [4.69, 9.17) is 11.6 Å². The molecule has 0 fully saturated rings. The van der Waals surface area contributed by atoms with Crippen molar-refractivity contribution in [2.45, 2.75) is 46.7 Å². The molecule has 0 bridgehead atoms. The summed E-state index contributed by atoms with van der Waals surface area (Å²) in [5.41, 5.74) is 2.44. The van der Waals surface area contributed by atoms with Gasteiger partial charge in [-0.15, -0.1) is 0 Å². The fraction of sp³-hybridized carbons (Fsp3) is 0.625. The smallest absolute Gasteiger partial charge is 0.0642 e. The number of hydrogen-bond acceptors (Lipinski definition) is 2. The average molecular weight is 283 g/mol.